The minimum absolute atomic E-state index is 0.278. The fourth-order valence-corrected chi connectivity index (χ4v) is 3.78. The standard InChI is InChI=1S/C20H23FN4O/c1-24-17-4-3-9-22-20(17)23-19(24)13-25-10-7-14(8-11-25)15-5-6-18(26-2)16(21)12-15/h3-6,9,12,14H,7-8,10-11,13H2,1-2H3. The number of likely N-dealkylation sites (tertiary alicyclic amines) is 1. The highest BCUT2D eigenvalue weighted by atomic mass is 19.1. The number of rotatable bonds is 4. The molecule has 0 amide bonds. The Morgan fingerprint density at radius 3 is 2.73 bits per heavy atom. The molecule has 0 bridgehead atoms. The van der Waals surface area contributed by atoms with Crippen LogP contribution in [-0.2, 0) is 13.6 Å². The van der Waals surface area contributed by atoms with Gasteiger partial charge in [0, 0.05) is 13.2 Å². The maximum Gasteiger partial charge on any atom is 0.177 e. The highest BCUT2D eigenvalue weighted by Crippen LogP contribution is 2.31. The zero-order chi connectivity index (χ0) is 18.1. The first-order chi connectivity index (χ1) is 12.7. The van der Waals surface area contributed by atoms with Crippen molar-refractivity contribution < 1.29 is 9.13 Å². The predicted molar refractivity (Wildman–Crippen MR) is 98.7 cm³/mol. The van der Waals surface area contributed by atoms with Gasteiger partial charge in [0.15, 0.2) is 17.2 Å². The van der Waals surface area contributed by atoms with Crippen molar-refractivity contribution >= 4 is 11.2 Å². The van der Waals surface area contributed by atoms with Gasteiger partial charge in [-0.2, -0.15) is 0 Å². The van der Waals surface area contributed by atoms with Crippen LogP contribution in [0.25, 0.3) is 11.2 Å². The quantitative estimate of drug-likeness (QED) is 0.719. The predicted octanol–water partition coefficient (Wildman–Crippen LogP) is 3.50. The van der Waals surface area contributed by atoms with Crippen molar-refractivity contribution in [2.45, 2.75) is 25.3 Å². The molecule has 0 saturated carbocycles. The van der Waals surface area contributed by atoms with E-state index in [1.165, 1.54) is 7.11 Å². The first-order valence-corrected chi connectivity index (χ1v) is 8.98. The van der Waals surface area contributed by atoms with E-state index in [1.54, 1.807) is 18.3 Å². The van der Waals surface area contributed by atoms with Crippen LogP contribution in [0.3, 0.4) is 0 Å². The molecule has 1 saturated heterocycles. The van der Waals surface area contributed by atoms with E-state index in [0.717, 1.165) is 55.0 Å². The summed E-state index contributed by atoms with van der Waals surface area (Å²) in [5.41, 5.74) is 2.93. The van der Waals surface area contributed by atoms with Crippen LogP contribution in [0.1, 0.15) is 30.1 Å². The lowest BCUT2D eigenvalue weighted by Crippen LogP contribution is -2.33. The van der Waals surface area contributed by atoms with Gasteiger partial charge in [0.25, 0.3) is 0 Å². The van der Waals surface area contributed by atoms with Gasteiger partial charge in [-0.1, -0.05) is 6.07 Å². The van der Waals surface area contributed by atoms with Crippen LogP contribution in [0.4, 0.5) is 4.39 Å². The molecule has 5 nitrogen and oxygen atoms in total. The second-order valence-corrected chi connectivity index (χ2v) is 6.88. The molecule has 1 fully saturated rings. The van der Waals surface area contributed by atoms with Crippen LogP contribution >= 0.6 is 0 Å². The second-order valence-electron chi connectivity index (χ2n) is 6.88. The van der Waals surface area contributed by atoms with Crippen LogP contribution < -0.4 is 4.74 Å². The summed E-state index contributed by atoms with van der Waals surface area (Å²) < 4.78 is 21.1. The third-order valence-corrected chi connectivity index (χ3v) is 5.35. The van der Waals surface area contributed by atoms with Crippen molar-refractivity contribution in [1.82, 2.24) is 19.4 Å². The maximum absolute atomic E-state index is 14.0. The molecule has 0 spiro atoms. The SMILES string of the molecule is COc1ccc(C2CCN(Cc3nc4ncccc4n3C)CC2)cc1F. The average Bonchev–Trinajstić information content (AvgIpc) is 2.98. The lowest BCUT2D eigenvalue weighted by Gasteiger charge is -2.32. The average molecular weight is 354 g/mol. The molecule has 1 aromatic carbocycles. The minimum Gasteiger partial charge on any atom is -0.494 e. The van der Waals surface area contributed by atoms with Crippen molar-refractivity contribution in [3.8, 4) is 5.75 Å². The Bertz CT molecular complexity index is 915. The Labute approximate surface area is 152 Å². The van der Waals surface area contributed by atoms with E-state index in [0.29, 0.717) is 11.7 Å². The third-order valence-electron chi connectivity index (χ3n) is 5.35. The van der Waals surface area contributed by atoms with Gasteiger partial charge in [-0.15, -0.1) is 0 Å². The minimum atomic E-state index is -0.278. The number of benzene rings is 1. The molecular formula is C20H23FN4O. The summed E-state index contributed by atoms with van der Waals surface area (Å²) in [5.74, 6) is 1.46. The van der Waals surface area contributed by atoms with Crippen molar-refractivity contribution in [3.05, 3.63) is 53.7 Å². The molecule has 0 radical (unpaired) electrons. The number of ether oxygens (including phenoxy) is 1. The number of fused-ring (bicyclic) bond motifs is 1. The van der Waals surface area contributed by atoms with E-state index in [1.807, 2.05) is 25.2 Å². The lowest BCUT2D eigenvalue weighted by molar-refractivity contribution is 0.198. The second kappa shape index (κ2) is 7.03. The summed E-state index contributed by atoms with van der Waals surface area (Å²) in [6.07, 6.45) is 3.82. The molecule has 26 heavy (non-hydrogen) atoms. The number of halogens is 1. The van der Waals surface area contributed by atoms with E-state index in [-0.39, 0.29) is 5.82 Å². The molecule has 6 heteroatoms. The van der Waals surface area contributed by atoms with Crippen LogP contribution in [0.2, 0.25) is 0 Å². The van der Waals surface area contributed by atoms with E-state index < -0.39 is 0 Å². The van der Waals surface area contributed by atoms with Gasteiger partial charge in [0.05, 0.1) is 19.2 Å². The number of nitrogens with zero attached hydrogens (tertiary/aromatic N) is 4. The van der Waals surface area contributed by atoms with Crippen LogP contribution in [0, 0.1) is 5.82 Å². The summed E-state index contributed by atoms with van der Waals surface area (Å²) in [5, 5.41) is 0. The van der Waals surface area contributed by atoms with Crippen LogP contribution in [0.15, 0.2) is 36.5 Å². The number of hydrogen-bond donors (Lipinski definition) is 0. The zero-order valence-corrected chi connectivity index (χ0v) is 15.2. The molecule has 3 aromatic rings. The summed E-state index contributed by atoms with van der Waals surface area (Å²) >= 11 is 0. The highest BCUT2D eigenvalue weighted by Gasteiger charge is 2.23. The number of piperidine rings is 1. The molecule has 4 rings (SSSR count). The zero-order valence-electron chi connectivity index (χ0n) is 15.2. The van der Waals surface area contributed by atoms with E-state index in [4.69, 9.17) is 4.74 Å². The fourth-order valence-electron chi connectivity index (χ4n) is 3.78. The van der Waals surface area contributed by atoms with E-state index in [2.05, 4.69) is 19.4 Å². The number of aromatic nitrogens is 3. The van der Waals surface area contributed by atoms with Gasteiger partial charge in [-0.05, 0) is 61.7 Å². The van der Waals surface area contributed by atoms with Gasteiger partial charge in [0.2, 0.25) is 0 Å². The summed E-state index contributed by atoms with van der Waals surface area (Å²) in [7, 11) is 3.53. The van der Waals surface area contributed by atoms with Crippen molar-refractivity contribution in [1.29, 1.82) is 0 Å². The Kier molecular flexibility index (Phi) is 4.59. The maximum atomic E-state index is 14.0. The Balaban J connectivity index is 1.42. The normalized spacial score (nSPS) is 16.3. The first kappa shape index (κ1) is 17.0. The third kappa shape index (κ3) is 3.17. The summed E-state index contributed by atoms with van der Waals surface area (Å²) in [4.78, 5) is 11.4. The molecule has 0 aliphatic carbocycles. The largest absolute Gasteiger partial charge is 0.494 e. The highest BCUT2D eigenvalue weighted by molar-refractivity contribution is 5.71. The molecule has 1 aliphatic rings. The first-order valence-electron chi connectivity index (χ1n) is 8.98. The monoisotopic (exact) mass is 354 g/mol. The van der Waals surface area contributed by atoms with Gasteiger partial charge in [0.1, 0.15) is 5.82 Å². The van der Waals surface area contributed by atoms with Crippen molar-refractivity contribution in [2.75, 3.05) is 20.2 Å². The summed E-state index contributed by atoms with van der Waals surface area (Å²) in [6.45, 7) is 2.78. The van der Waals surface area contributed by atoms with Crippen LogP contribution in [0.5, 0.6) is 5.75 Å². The van der Waals surface area contributed by atoms with Gasteiger partial charge < -0.3 is 9.30 Å². The number of imidazole rings is 1. The molecule has 0 unspecified atom stereocenters. The van der Waals surface area contributed by atoms with Gasteiger partial charge in [-0.25, -0.2) is 14.4 Å². The molecule has 2 aromatic heterocycles. The van der Waals surface area contributed by atoms with Crippen molar-refractivity contribution in [2.24, 2.45) is 7.05 Å². The van der Waals surface area contributed by atoms with Gasteiger partial charge in [-0.3, -0.25) is 4.90 Å². The van der Waals surface area contributed by atoms with E-state index in [9.17, 15) is 4.39 Å². The molecule has 0 N–H and O–H groups in total. The fraction of sp³-hybridized carbons (Fsp3) is 0.400. The molecular weight excluding hydrogens is 331 g/mol. The molecule has 1 aliphatic heterocycles. The molecule has 136 valence electrons. The molecule has 0 atom stereocenters. The Hall–Kier alpha value is -2.47. The Morgan fingerprint density at radius 1 is 1.23 bits per heavy atom. The van der Waals surface area contributed by atoms with Crippen LogP contribution in [-0.4, -0.2) is 39.6 Å². The lowest BCUT2D eigenvalue weighted by atomic mass is 9.89. The summed E-state index contributed by atoms with van der Waals surface area (Å²) in [6, 6.07) is 9.32. The number of aryl methyl sites for hydroxylation is 1. The van der Waals surface area contributed by atoms with Gasteiger partial charge >= 0.3 is 0 Å². The number of pyridine rings is 1. The Morgan fingerprint density at radius 2 is 2.04 bits per heavy atom. The molecule has 3 heterocycles. The number of hydrogen-bond acceptors (Lipinski definition) is 4. The number of methoxy groups -OCH3 is 1. The van der Waals surface area contributed by atoms with Crippen molar-refractivity contribution in [3.63, 3.8) is 0 Å². The smallest absolute Gasteiger partial charge is 0.177 e. The topological polar surface area (TPSA) is 43.2 Å². The van der Waals surface area contributed by atoms with E-state index >= 15 is 0 Å².